The van der Waals surface area contributed by atoms with Crippen LogP contribution in [-0.4, -0.2) is 44.2 Å². The van der Waals surface area contributed by atoms with Gasteiger partial charge in [-0.25, -0.2) is 9.79 Å². The lowest BCUT2D eigenvalue weighted by molar-refractivity contribution is -0.121. The molecule has 0 bridgehead atoms. The van der Waals surface area contributed by atoms with Crippen LogP contribution in [0.25, 0.3) is 17.1 Å². The number of alkyl carbamates (subject to hydrolysis) is 1. The molecule has 10 nitrogen and oxygen atoms in total. The zero-order valence-electron chi connectivity index (χ0n) is 22.0. The molecule has 1 aromatic heterocycles. The largest absolute Gasteiger partial charge is 0.444 e. The number of ether oxygens (including phenoxy) is 1. The van der Waals surface area contributed by atoms with Gasteiger partial charge in [-0.15, -0.1) is 0 Å². The molecule has 1 fully saturated rings. The van der Waals surface area contributed by atoms with Crippen molar-refractivity contribution >= 4 is 74.9 Å². The molecule has 0 aliphatic carbocycles. The maximum absolute atomic E-state index is 12.9. The van der Waals surface area contributed by atoms with E-state index in [-0.39, 0.29) is 5.91 Å². The van der Waals surface area contributed by atoms with Gasteiger partial charge in [-0.1, -0.05) is 17.7 Å². The maximum atomic E-state index is 12.9. The third-order valence-corrected chi connectivity index (χ3v) is 6.48. The summed E-state index contributed by atoms with van der Waals surface area (Å²) in [6.45, 7) is 8.32. The van der Waals surface area contributed by atoms with Gasteiger partial charge in [0.05, 0.1) is 26.6 Å². The van der Waals surface area contributed by atoms with Crippen molar-refractivity contribution in [2.45, 2.75) is 45.8 Å². The first-order valence-electron chi connectivity index (χ1n) is 11.9. The topological polar surface area (TPSA) is 135 Å². The van der Waals surface area contributed by atoms with E-state index in [0.29, 0.717) is 26.5 Å². The lowest BCUT2D eigenvalue weighted by Gasteiger charge is -2.27. The summed E-state index contributed by atoms with van der Waals surface area (Å²) >= 11 is 7.51. The molecule has 1 aliphatic rings. The van der Waals surface area contributed by atoms with Gasteiger partial charge in [-0.3, -0.25) is 19.6 Å². The minimum Gasteiger partial charge on any atom is -0.444 e. The quantitative estimate of drug-likeness (QED) is 0.351. The predicted molar refractivity (Wildman–Crippen MR) is 154 cm³/mol. The standard InChI is InChI=1S/C27H27ClN6O4S/c1-26(2,3)38-25(37)34-27(4,5)23(36)31-16-7-8-17(28)19(14-16)32-24-33-22(35)21(39-24)13-15-6-9-18-20(12-15)30-11-10-29-18/h6-14H,1-5H3,(H,31,36)(H,34,37)(H,32,33,35)/b21-13+. The van der Waals surface area contributed by atoms with Gasteiger partial charge >= 0.3 is 6.09 Å². The Labute approximate surface area is 234 Å². The molecule has 12 heteroatoms. The second-order valence-corrected chi connectivity index (χ2v) is 11.6. The number of aliphatic imine (C=N–C) groups is 1. The molecule has 202 valence electrons. The Morgan fingerprint density at radius 3 is 2.49 bits per heavy atom. The van der Waals surface area contributed by atoms with Gasteiger partial charge in [0.1, 0.15) is 11.1 Å². The highest BCUT2D eigenvalue weighted by Gasteiger charge is 2.32. The Bertz CT molecular complexity index is 1530. The molecule has 2 heterocycles. The molecular formula is C27H27ClN6O4S. The van der Waals surface area contributed by atoms with Gasteiger partial charge in [0, 0.05) is 18.1 Å². The lowest BCUT2D eigenvalue weighted by Crippen LogP contribution is -2.53. The first-order valence-corrected chi connectivity index (χ1v) is 13.1. The Balaban J connectivity index is 1.48. The number of carbonyl (C=O) groups is 3. The molecule has 3 amide bonds. The molecule has 1 saturated heterocycles. The molecular weight excluding hydrogens is 540 g/mol. The summed E-state index contributed by atoms with van der Waals surface area (Å²) in [6.07, 6.45) is 4.27. The molecule has 0 unspecified atom stereocenters. The smallest absolute Gasteiger partial charge is 0.408 e. The second kappa shape index (κ2) is 11.0. The number of halogens is 1. The summed E-state index contributed by atoms with van der Waals surface area (Å²) in [7, 11) is 0. The van der Waals surface area contributed by atoms with Crippen molar-refractivity contribution in [3.63, 3.8) is 0 Å². The van der Waals surface area contributed by atoms with Gasteiger partial charge < -0.3 is 20.7 Å². The van der Waals surface area contributed by atoms with Crippen LogP contribution in [0.5, 0.6) is 0 Å². The molecule has 2 aromatic carbocycles. The maximum Gasteiger partial charge on any atom is 0.408 e. The number of anilines is 1. The van der Waals surface area contributed by atoms with Crippen LogP contribution < -0.4 is 16.0 Å². The first-order chi connectivity index (χ1) is 18.3. The van der Waals surface area contributed by atoms with Gasteiger partial charge in [0.25, 0.3) is 5.91 Å². The second-order valence-electron chi connectivity index (χ2n) is 10.2. The van der Waals surface area contributed by atoms with Crippen LogP contribution in [0.3, 0.4) is 0 Å². The third kappa shape index (κ3) is 7.33. The van der Waals surface area contributed by atoms with Crippen LogP contribution in [0, 0.1) is 0 Å². The molecule has 4 rings (SSSR count). The summed E-state index contributed by atoms with van der Waals surface area (Å²) in [4.78, 5) is 51.1. The SMILES string of the molecule is CC(C)(C)OC(=O)NC(C)(C)C(=O)Nc1ccc(Cl)c(N=C2NC(=O)/C(=C\c3ccc4nccnc4c3)S2)c1. The highest BCUT2D eigenvalue weighted by molar-refractivity contribution is 8.18. The number of amides is 3. The fourth-order valence-electron chi connectivity index (χ4n) is 3.39. The summed E-state index contributed by atoms with van der Waals surface area (Å²) < 4.78 is 5.24. The van der Waals surface area contributed by atoms with Crippen molar-refractivity contribution in [3.8, 4) is 0 Å². The van der Waals surface area contributed by atoms with Gasteiger partial charge in [-0.05, 0) is 88.4 Å². The van der Waals surface area contributed by atoms with E-state index in [4.69, 9.17) is 16.3 Å². The van der Waals surface area contributed by atoms with Gasteiger partial charge in [0.2, 0.25) is 5.91 Å². The van der Waals surface area contributed by atoms with E-state index in [1.165, 1.54) is 0 Å². The van der Waals surface area contributed by atoms with E-state index >= 15 is 0 Å². The lowest BCUT2D eigenvalue weighted by atomic mass is 10.0. The molecule has 0 radical (unpaired) electrons. The van der Waals surface area contributed by atoms with Crippen molar-refractivity contribution in [2.75, 3.05) is 5.32 Å². The van der Waals surface area contributed by atoms with Crippen LogP contribution in [0.1, 0.15) is 40.2 Å². The van der Waals surface area contributed by atoms with Crippen molar-refractivity contribution < 1.29 is 19.1 Å². The summed E-state index contributed by atoms with van der Waals surface area (Å²) in [5.41, 5.74) is 1.07. The van der Waals surface area contributed by atoms with E-state index in [1.807, 2.05) is 18.2 Å². The highest BCUT2D eigenvalue weighted by atomic mass is 35.5. The molecule has 1 aliphatic heterocycles. The summed E-state index contributed by atoms with van der Waals surface area (Å²) in [5.74, 6) is -0.767. The van der Waals surface area contributed by atoms with Crippen LogP contribution >= 0.6 is 23.4 Å². The van der Waals surface area contributed by atoms with Crippen molar-refractivity contribution in [2.24, 2.45) is 4.99 Å². The normalized spacial score (nSPS) is 15.9. The molecule has 3 aromatic rings. The number of amidine groups is 1. The fraction of sp³-hybridized carbons (Fsp3) is 0.259. The highest BCUT2D eigenvalue weighted by Crippen LogP contribution is 2.33. The predicted octanol–water partition coefficient (Wildman–Crippen LogP) is 5.42. The monoisotopic (exact) mass is 566 g/mol. The van der Waals surface area contributed by atoms with Crippen molar-refractivity contribution in [3.05, 3.63) is 64.3 Å². The molecule has 0 saturated carbocycles. The zero-order valence-corrected chi connectivity index (χ0v) is 23.5. The Morgan fingerprint density at radius 2 is 1.77 bits per heavy atom. The van der Waals surface area contributed by atoms with E-state index in [1.54, 1.807) is 71.3 Å². The number of carbonyl (C=O) groups excluding carboxylic acids is 3. The van der Waals surface area contributed by atoms with E-state index in [0.717, 1.165) is 28.4 Å². The van der Waals surface area contributed by atoms with Crippen LogP contribution in [0.2, 0.25) is 5.02 Å². The number of nitrogens with one attached hydrogen (secondary N) is 3. The average Bonchev–Trinajstić information content (AvgIpc) is 3.17. The van der Waals surface area contributed by atoms with Crippen LogP contribution in [-0.2, 0) is 14.3 Å². The van der Waals surface area contributed by atoms with Crippen LogP contribution in [0.4, 0.5) is 16.2 Å². The average molecular weight is 567 g/mol. The van der Waals surface area contributed by atoms with Crippen LogP contribution in [0.15, 0.2) is 58.7 Å². The van der Waals surface area contributed by atoms with Crippen molar-refractivity contribution in [1.82, 2.24) is 20.6 Å². The summed E-state index contributed by atoms with van der Waals surface area (Å²) in [6, 6.07) is 10.3. The van der Waals surface area contributed by atoms with Gasteiger partial charge in [0.15, 0.2) is 5.17 Å². The number of benzene rings is 2. The molecule has 0 atom stereocenters. The molecule has 0 spiro atoms. The van der Waals surface area contributed by atoms with E-state index in [2.05, 4.69) is 30.9 Å². The number of hydrogen-bond donors (Lipinski definition) is 3. The first kappa shape index (κ1) is 28.1. The number of aromatic nitrogens is 2. The molecule has 39 heavy (non-hydrogen) atoms. The summed E-state index contributed by atoms with van der Waals surface area (Å²) in [5, 5.41) is 8.71. The number of hydrogen-bond acceptors (Lipinski definition) is 8. The number of fused-ring (bicyclic) bond motifs is 1. The van der Waals surface area contributed by atoms with E-state index < -0.39 is 23.1 Å². The number of thioether (sulfide) groups is 1. The molecule has 3 N–H and O–H groups in total. The fourth-order valence-corrected chi connectivity index (χ4v) is 4.38. The zero-order chi connectivity index (χ0) is 28.4. The van der Waals surface area contributed by atoms with E-state index in [9.17, 15) is 14.4 Å². The number of nitrogens with zero attached hydrogens (tertiary/aromatic N) is 3. The van der Waals surface area contributed by atoms with Gasteiger partial charge in [-0.2, -0.15) is 0 Å². The minimum absolute atomic E-state index is 0.298. The third-order valence-electron chi connectivity index (χ3n) is 5.25. The Kier molecular flexibility index (Phi) is 7.94. The number of rotatable bonds is 5. The van der Waals surface area contributed by atoms with Crippen molar-refractivity contribution in [1.29, 1.82) is 0 Å². The Morgan fingerprint density at radius 1 is 1.05 bits per heavy atom. The minimum atomic E-state index is -1.27. The Hall–Kier alpha value is -3.96.